The number of anilines is 1. The SMILES string of the molecule is COc1ccccc1C1CNCCN1CC(=O)Nc1cc(C)nn1C. The zero-order chi connectivity index (χ0) is 17.8. The Morgan fingerprint density at radius 3 is 2.96 bits per heavy atom. The van der Waals surface area contributed by atoms with E-state index in [9.17, 15) is 4.79 Å². The predicted octanol–water partition coefficient (Wildman–Crippen LogP) is 1.32. The molecule has 1 aromatic heterocycles. The van der Waals surface area contributed by atoms with Crippen LogP contribution in [0.2, 0.25) is 0 Å². The molecular weight excluding hydrogens is 318 g/mol. The highest BCUT2D eigenvalue weighted by atomic mass is 16.5. The monoisotopic (exact) mass is 343 g/mol. The van der Waals surface area contributed by atoms with Crippen LogP contribution in [0.5, 0.6) is 5.75 Å². The normalized spacial score (nSPS) is 18.1. The summed E-state index contributed by atoms with van der Waals surface area (Å²) in [6, 6.07) is 9.95. The predicted molar refractivity (Wildman–Crippen MR) is 96.8 cm³/mol. The van der Waals surface area contributed by atoms with Crippen LogP contribution in [0.1, 0.15) is 17.3 Å². The number of benzene rings is 1. The van der Waals surface area contributed by atoms with Gasteiger partial charge in [0.25, 0.3) is 0 Å². The third kappa shape index (κ3) is 4.00. The van der Waals surface area contributed by atoms with Gasteiger partial charge >= 0.3 is 0 Å². The minimum atomic E-state index is -0.0372. The number of hydrogen-bond donors (Lipinski definition) is 2. The van der Waals surface area contributed by atoms with Crippen LogP contribution in [0.15, 0.2) is 30.3 Å². The summed E-state index contributed by atoms with van der Waals surface area (Å²) in [5, 5.41) is 10.6. The van der Waals surface area contributed by atoms with Crippen molar-refractivity contribution in [1.29, 1.82) is 0 Å². The maximum absolute atomic E-state index is 12.5. The van der Waals surface area contributed by atoms with Gasteiger partial charge in [0.2, 0.25) is 5.91 Å². The number of carbonyl (C=O) groups excluding carboxylic acids is 1. The number of carbonyl (C=O) groups is 1. The number of nitrogens with one attached hydrogen (secondary N) is 2. The average Bonchev–Trinajstić information content (AvgIpc) is 2.92. The molecule has 134 valence electrons. The Labute approximate surface area is 148 Å². The van der Waals surface area contributed by atoms with Crippen molar-refractivity contribution in [2.45, 2.75) is 13.0 Å². The molecule has 1 aliphatic heterocycles. The van der Waals surface area contributed by atoms with Crippen molar-refractivity contribution in [3.8, 4) is 5.75 Å². The Morgan fingerprint density at radius 2 is 2.24 bits per heavy atom. The van der Waals surface area contributed by atoms with E-state index >= 15 is 0 Å². The van der Waals surface area contributed by atoms with Gasteiger partial charge in [-0.2, -0.15) is 5.10 Å². The van der Waals surface area contributed by atoms with Crippen LogP contribution in [-0.2, 0) is 11.8 Å². The van der Waals surface area contributed by atoms with E-state index in [1.165, 1.54) is 0 Å². The molecule has 0 saturated carbocycles. The standard InChI is InChI=1S/C18H25N5O2/c1-13-10-17(22(2)21-13)20-18(24)12-23-9-8-19-11-15(23)14-6-4-5-7-16(14)25-3/h4-7,10,15,19H,8-9,11-12H2,1-3H3,(H,20,24). The zero-order valence-corrected chi connectivity index (χ0v) is 15.0. The molecule has 1 unspecified atom stereocenters. The minimum absolute atomic E-state index is 0.0372. The Kier molecular flexibility index (Phi) is 5.35. The molecule has 0 bridgehead atoms. The van der Waals surface area contributed by atoms with Gasteiger partial charge in [0.05, 0.1) is 25.4 Å². The van der Waals surface area contributed by atoms with E-state index in [1.807, 2.05) is 38.2 Å². The van der Waals surface area contributed by atoms with Gasteiger partial charge in [-0.1, -0.05) is 18.2 Å². The summed E-state index contributed by atoms with van der Waals surface area (Å²) in [6.45, 7) is 4.70. The summed E-state index contributed by atoms with van der Waals surface area (Å²) in [7, 11) is 3.50. The molecule has 1 aliphatic rings. The van der Waals surface area contributed by atoms with Crippen LogP contribution in [0.25, 0.3) is 0 Å². The molecule has 2 heterocycles. The van der Waals surface area contributed by atoms with Gasteiger partial charge in [0.15, 0.2) is 0 Å². The summed E-state index contributed by atoms with van der Waals surface area (Å²) in [5.41, 5.74) is 1.98. The Bertz CT molecular complexity index is 743. The third-order valence-electron chi connectivity index (χ3n) is 4.47. The summed E-state index contributed by atoms with van der Waals surface area (Å²) in [4.78, 5) is 14.7. The van der Waals surface area contributed by atoms with Crippen LogP contribution >= 0.6 is 0 Å². The molecule has 2 aromatic rings. The van der Waals surface area contributed by atoms with Crippen molar-refractivity contribution >= 4 is 11.7 Å². The van der Waals surface area contributed by atoms with E-state index in [0.29, 0.717) is 12.4 Å². The molecule has 25 heavy (non-hydrogen) atoms. The molecule has 1 saturated heterocycles. The number of hydrogen-bond acceptors (Lipinski definition) is 5. The van der Waals surface area contributed by atoms with Crippen LogP contribution in [-0.4, -0.2) is 53.9 Å². The number of para-hydroxylation sites is 1. The lowest BCUT2D eigenvalue weighted by molar-refractivity contribution is -0.118. The number of ether oxygens (including phenoxy) is 1. The van der Waals surface area contributed by atoms with Crippen molar-refractivity contribution in [3.63, 3.8) is 0 Å². The number of rotatable bonds is 5. The second kappa shape index (κ2) is 7.67. The third-order valence-corrected chi connectivity index (χ3v) is 4.47. The van der Waals surface area contributed by atoms with Crippen molar-refractivity contribution in [2.75, 3.05) is 38.6 Å². The number of aryl methyl sites for hydroxylation is 2. The molecule has 2 N–H and O–H groups in total. The Balaban J connectivity index is 1.73. The topological polar surface area (TPSA) is 71.4 Å². The zero-order valence-electron chi connectivity index (χ0n) is 15.0. The second-order valence-corrected chi connectivity index (χ2v) is 6.28. The van der Waals surface area contributed by atoms with Gasteiger partial charge in [-0.05, 0) is 13.0 Å². The summed E-state index contributed by atoms with van der Waals surface area (Å²) < 4.78 is 7.18. The second-order valence-electron chi connectivity index (χ2n) is 6.28. The quantitative estimate of drug-likeness (QED) is 0.857. The Hall–Kier alpha value is -2.38. The van der Waals surface area contributed by atoms with E-state index < -0.39 is 0 Å². The highest BCUT2D eigenvalue weighted by molar-refractivity contribution is 5.91. The molecule has 0 radical (unpaired) electrons. The van der Waals surface area contributed by atoms with E-state index in [4.69, 9.17) is 4.74 Å². The first-order valence-electron chi connectivity index (χ1n) is 8.46. The number of nitrogens with zero attached hydrogens (tertiary/aromatic N) is 3. The fraction of sp³-hybridized carbons (Fsp3) is 0.444. The van der Waals surface area contributed by atoms with E-state index in [1.54, 1.807) is 11.8 Å². The fourth-order valence-electron chi connectivity index (χ4n) is 3.28. The number of amides is 1. The van der Waals surface area contributed by atoms with Gasteiger partial charge in [-0.3, -0.25) is 14.4 Å². The highest BCUT2D eigenvalue weighted by Gasteiger charge is 2.27. The largest absolute Gasteiger partial charge is 0.496 e. The molecule has 1 atom stereocenters. The highest BCUT2D eigenvalue weighted by Crippen LogP contribution is 2.29. The summed E-state index contributed by atoms with van der Waals surface area (Å²) in [5.74, 6) is 1.53. The van der Waals surface area contributed by atoms with Gasteiger partial charge < -0.3 is 15.4 Å². The van der Waals surface area contributed by atoms with Crippen molar-refractivity contribution in [1.82, 2.24) is 20.0 Å². The van der Waals surface area contributed by atoms with Crippen LogP contribution in [0.3, 0.4) is 0 Å². The van der Waals surface area contributed by atoms with Crippen molar-refractivity contribution in [2.24, 2.45) is 7.05 Å². The molecular formula is C18H25N5O2. The molecule has 7 heteroatoms. The van der Waals surface area contributed by atoms with Gasteiger partial charge in [-0.15, -0.1) is 0 Å². The molecule has 1 amide bonds. The number of aromatic nitrogens is 2. The maximum Gasteiger partial charge on any atom is 0.239 e. The lowest BCUT2D eigenvalue weighted by Gasteiger charge is -2.36. The molecule has 1 fully saturated rings. The maximum atomic E-state index is 12.5. The van der Waals surface area contributed by atoms with E-state index in [0.717, 1.165) is 36.6 Å². The van der Waals surface area contributed by atoms with Gasteiger partial charge in [-0.25, -0.2) is 0 Å². The first-order valence-corrected chi connectivity index (χ1v) is 8.46. The van der Waals surface area contributed by atoms with Gasteiger partial charge in [0.1, 0.15) is 11.6 Å². The number of methoxy groups -OCH3 is 1. The molecule has 1 aromatic carbocycles. The summed E-state index contributed by atoms with van der Waals surface area (Å²) in [6.07, 6.45) is 0. The molecule has 7 nitrogen and oxygen atoms in total. The summed E-state index contributed by atoms with van der Waals surface area (Å²) >= 11 is 0. The number of piperazine rings is 1. The Morgan fingerprint density at radius 1 is 1.44 bits per heavy atom. The van der Waals surface area contributed by atoms with E-state index in [2.05, 4.69) is 26.7 Å². The molecule has 0 spiro atoms. The molecule has 3 rings (SSSR count). The first kappa shape index (κ1) is 17.4. The van der Waals surface area contributed by atoms with Crippen molar-refractivity contribution < 1.29 is 9.53 Å². The lowest BCUT2D eigenvalue weighted by Crippen LogP contribution is -2.48. The lowest BCUT2D eigenvalue weighted by atomic mass is 10.0. The first-order chi connectivity index (χ1) is 12.1. The van der Waals surface area contributed by atoms with Crippen molar-refractivity contribution in [3.05, 3.63) is 41.6 Å². The van der Waals surface area contributed by atoms with Crippen LogP contribution in [0, 0.1) is 6.92 Å². The average molecular weight is 343 g/mol. The smallest absolute Gasteiger partial charge is 0.239 e. The van der Waals surface area contributed by atoms with Gasteiger partial charge in [0, 0.05) is 38.3 Å². The van der Waals surface area contributed by atoms with Crippen LogP contribution < -0.4 is 15.4 Å². The minimum Gasteiger partial charge on any atom is -0.496 e. The molecule has 0 aliphatic carbocycles. The van der Waals surface area contributed by atoms with E-state index in [-0.39, 0.29) is 11.9 Å². The van der Waals surface area contributed by atoms with Crippen LogP contribution in [0.4, 0.5) is 5.82 Å². The fourth-order valence-corrected chi connectivity index (χ4v) is 3.28.